The van der Waals surface area contributed by atoms with Crippen LogP contribution in [0.1, 0.15) is 56.2 Å². The van der Waals surface area contributed by atoms with Crippen LogP contribution in [0.3, 0.4) is 0 Å². The highest BCUT2D eigenvalue weighted by Gasteiger charge is 2.31. The molecule has 0 aromatic carbocycles. The summed E-state index contributed by atoms with van der Waals surface area (Å²) >= 11 is 0. The Morgan fingerprint density at radius 3 is 2.86 bits per heavy atom. The Bertz CT molecular complexity index is 828. The van der Waals surface area contributed by atoms with E-state index in [4.69, 9.17) is 15.0 Å². The summed E-state index contributed by atoms with van der Waals surface area (Å²) in [6.45, 7) is 5.59. The molecule has 2 aromatic heterocycles. The molecule has 0 saturated heterocycles. The van der Waals surface area contributed by atoms with Gasteiger partial charge in [-0.25, -0.2) is 0 Å². The fraction of sp³-hybridized carbons (Fsp3) is 0.579. The molecule has 1 aliphatic carbocycles. The minimum Gasteiger partial charge on any atom is -0.461 e. The second-order valence-electron chi connectivity index (χ2n) is 7.71. The molecule has 9 heteroatoms. The summed E-state index contributed by atoms with van der Waals surface area (Å²) in [4.78, 5) is 24.1. The molecule has 2 aromatic rings. The van der Waals surface area contributed by atoms with Crippen molar-refractivity contribution in [3.63, 3.8) is 0 Å². The molecule has 0 radical (unpaired) electrons. The molecule has 0 spiro atoms. The lowest BCUT2D eigenvalue weighted by Crippen LogP contribution is -2.38. The number of H-pyrrole nitrogens is 1. The highest BCUT2D eigenvalue weighted by atomic mass is 16.5. The van der Waals surface area contributed by atoms with Crippen molar-refractivity contribution in [1.29, 1.82) is 0 Å². The fourth-order valence-electron chi connectivity index (χ4n) is 3.30. The minimum atomic E-state index is -0.596. The van der Waals surface area contributed by atoms with Crippen molar-refractivity contribution in [1.82, 2.24) is 15.4 Å². The Morgan fingerprint density at radius 2 is 2.18 bits per heavy atom. The zero-order chi connectivity index (χ0) is 20.3. The Balaban J connectivity index is 1.50. The molecule has 3 rings (SSSR count). The van der Waals surface area contributed by atoms with Crippen LogP contribution in [0, 0.1) is 12.8 Å². The Hall–Kier alpha value is -2.68. The molecule has 0 bridgehead atoms. The van der Waals surface area contributed by atoms with E-state index in [1.807, 2.05) is 19.9 Å². The third kappa shape index (κ3) is 4.98. The van der Waals surface area contributed by atoms with Gasteiger partial charge in [0.05, 0.1) is 12.1 Å². The summed E-state index contributed by atoms with van der Waals surface area (Å²) in [6.07, 6.45) is 2.33. The Morgan fingerprint density at radius 1 is 1.39 bits per heavy atom. The first-order valence-corrected chi connectivity index (χ1v) is 9.55. The average Bonchev–Trinajstić information content (AvgIpc) is 3.36. The van der Waals surface area contributed by atoms with Crippen molar-refractivity contribution in [2.75, 3.05) is 5.32 Å². The molecular formula is C19H27N5O4. The van der Waals surface area contributed by atoms with E-state index in [-0.39, 0.29) is 36.2 Å². The van der Waals surface area contributed by atoms with Gasteiger partial charge in [-0.05, 0) is 32.1 Å². The maximum atomic E-state index is 12.1. The molecule has 4 N–H and O–H groups in total. The van der Waals surface area contributed by atoms with Crippen LogP contribution in [0.4, 0.5) is 5.82 Å². The van der Waals surface area contributed by atoms with E-state index in [2.05, 4.69) is 20.7 Å². The maximum absolute atomic E-state index is 12.1. The molecule has 0 aliphatic heterocycles. The number of amides is 1. The number of hydrogen-bond donors (Lipinski definition) is 3. The molecule has 1 fully saturated rings. The largest absolute Gasteiger partial charge is 0.461 e. The first kappa shape index (κ1) is 20.1. The van der Waals surface area contributed by atoms with Crippen LogP contribution in [0.2, 0.25) is 0 Å². The van der Waals surface area contributed by atoms with Gasteiger partial charge in [0, 0.05) is 23.7 Å². The highest BCUT2D eigenvalue weighted by molar-refractivity contribution is 5.91. The number of carbonyl (C=O) groups excluding carboxylic acids is 2. The third-order valence-electron chi connectivity index (χ3n) is 4.97. The van der Waals surface area contributed by atoms with Gasteiger partial charge >= 0.3 is 5.97 Å². The fourth-order valence-corrected chi connectivity index (χ4v) is 3.30. The lowest BCUT2D eigenvalue weighted by Gasteiger charge is -2.18. The van der Waals surface area contributed by atoms with E-state index in [1.54, 1.807) is 13.0 Å². The zero-order valence-corrected chi connectivity index (χ0v) is 16.4. The van der Waals surface area contributed by atoms with E-state index in [1.165, 1.54) is 0 Å². The predicted molar refractivity (Wildman–Crippen MR) is 101 cm³/mol. The number of aromatic nitrogens is 3. The molecule has 28 heavy (non-hydrogen) atoms. The van der Waals surface area contributed by atoms with Gasteiger partial charge < -0.3 is 20.3 Å². The minimum absolute atomic E-state index is 0.0457. The van der Waals surface area contributed by atoms with E-state index < -0.39 is 6.04 Å². The zero-order valence-electron chi connectivity index (χ0n) is 16.4. The normalized spacial score (nSPS) is 20.3. The summed E-state index contributed by atoms with van der Waals surface area (Å²) in [5.74, 6) is 0.632. The molecule has 1 aliphatic rings. The predicted octanol–water partition coefficient (Wildman–Crippen LogP) is 2.05. The summed E-state index contributed by atoms with van der Waals surface area (Å²) < 4.78 is 10.6. The number of nitrogens with zero attached hydrogens (tertiary/aromatic N) is 2. The first-order chi connectivity index (χ1) is 13.3. The van der Waals surface area contributed by atoms with Crippen molar-refractivity contribution in [2.45, 2.75) is 64.5 Å². The Labute approximate surface area is 163 Å². The van der Waals surface area contributed by atoms with Crippen LogP contribution < -0.4 is 11.1 Å². The second-order valence-corrected chi connectivity index (χ2v) is 7.71. The number of aromatic amines is 1. The van der Waals surface area contributed by atoms with Gasteiger partial charge in [0.1, 0.15) is 17.9 Å². The van der Waals surface area contributed by atoms with Crippen LogP contribution in [0.25, 0.3) is 0 Å². The number of carbonyl (C=O) groups is 2. The monoisotopic (exact) mass is 389 g/mol. The van der Waals surface area contributed by atoms with Gasteiger partial charge in [-0.3, -0.25) is 14.7 Å². The summed E-state index contributed by atoms with van der Waals surface area (Å²) in [7, 11) is 0. The molecule has 1 saturated carbocycles. The molecule has 9 nitrogen and oxygen atoms in total. The maximum Gasteiger partial charge on any atom is 0.323 e. The number of anilines is 1. The van der Waals surface area contributed by atoms with Gasteiger partial charge in [-0.1, -0.05) is 19.0 Å². The van der Waals surface area contributed by atoms with E-state index in [9.17, 15) is 9.59 Å². The lowest BCUT2D eigenvalue weighted by atomic mass is 10.0. The number of rotatable bonds is 7. The summed E-state index contributed by atoms with van der Waals surface area (Å²) in [5, 5.41) is 13.6. The number of hydrogen-bond acceptors (Lipinski definition) is 7. The molecular weight excluding hydrogens is 362 g/mol. The van der Waals surface area contributed by atoms with Gasteiger partial charge in [-0.2, -0.15) is 5.10 Å². The average molecular weight is 389 g/mol. The van der Waals surface area contributed by atoms with Gasteiger partial charge in [-0.15, -0.1) is 0 Å². The van der Waals surface area contributed by atoms with Crippen molar-refractivity contribution in [2.24, 2.45) is 11.7 Å². The van der Waals surface area contributed by atoms with Crippen molar-refractivity contribution in [3.8, 4) is 0 Å². The number of ether oxygens (including phenoxy) is 1. The third-order valence-corrected chi connectivity index (χ3v) is 4.97. The van der Waals surface area contributed by atoms with Crippen molar-refractivity contribution >= 4 is 17.7 Å². The smallest absolute Gasteiger partial charge is 0.323 e. The van der Waals surface area contributed by atoms with Gasteiger partial charge in [0.25, 0.3) is 0 Å². The Kier molecular flexibility index (Phi) is 6.13. The topological polar surface area (TPSA) is 136 Å². The van der Waals surface area contributed by atoms with E-state index in [0.29, 0.717) is 18.0 Å². The second kappa shape index (κ2) is 8.55. The highest BCUT2D eigenvalue weighted by Crippen LogP contribution is 2.36. The number of nitrogens with two attached hydrogens (primary N) is 1. The van der Waals surface area contributed by atoms with E-state index in [0.717, 1.165) is 24.2 Å². The van der Waals surface area contributed by atoms with Gasteiger partial charge in [0.15, 0.2) is 5.82 Å². The first-order valence-electron chi connectivity index (χ1n) is 9.55. The summed E-state index contributed by atoms with van der Waals surface area (Å²) in [6, 6.07) is 2.94. The van der Waals surface area contributed by atoms with Gasteiger partial charge in [0.2, 0.25) is 5.91 Å². The van der Waals surface area contributed by atoms with Crippen LogP contribution >= 0.6 is 0 Å². The SMILES string of the molecule is Cc1cc(CC(=O)Nc2cc([C@H]3CC[C@@H](OC(=O)[C@@H](N)C(C)C)C3)[nH]n2)on1. The number of nitrogens with one attached hydrogen (secondary N) is 2. The number of aryl methyl sites for hydroxylation is 1. The van der Waals surface area contributed by atoms with Crippen LogP contribution in [0.15, 0.2) is 16.7 Å². The van der Waals surface area contributed by atoms with Crippen molar-refractivity contribution in [3.05, 3.63) is 29.3 Å². The molecule has 152 valence electrons. The van der Waals surface area contributed by atoms with Crippen LogP contribution in [-0.4, -0.2) is 39.4 Å². The molecule has 3 atom stereocenters. The molecule has 0 unspecified atom stereocenters. The standard InChI is InChI=1S/C19H27N5O4/c1-10(2)18(20)19(26)27-13-5-4-12(7-13)15-9-16(23-22-15)21-17(25)8-14-6-11(3)24-28-14/h6,9-10,12-13,18H,4-5,7-8,20H2,1-3H3,(H2,21,22,23,25)/t12-,13+,18-/m0/s1. The van der Waals surface area contributed by atoms with E-state index >= 15 is 0 Å². The number of esters is 1. The lowest BCUT2D eigenvalue weighted by molar-refractivity contribution is -0.151. The van der Waals surface area contributed by atoms with Crippen molar-refractivity contribution < 1.29 is 18.8 Å². The quantitative estimate of drug-likeness (QED) is 0.616. The summed E-state index contributed by atoms with van der Waals surface area (Å²) in [5.41, 5.74) is 7.50. The molecule has 1 amide bonds. The van der Waals surface area contributed by atoms with Crippen LogP contribution in [-0.2, 0) is 20.7 Å². The molecule has 2 heterocycles. The van der Waals surface area contributed by atoms with Crippen LogP contribution in [0.5, 0.6) is 0 Å².